The maximum absolute atomic E-state index is 13.8. The molecular weight excluding hydrogens is 265 g/mol. The van der Waals surface area contributed by atoms with E-state index in [-0.39, 0.29) is 5.82 Å². The van der Waals surface area contributed by atoms with Crippen molar-refractivity contribution in [1.82, 2.24) is 0 Å². The predicted octanol–water partition coefficient (Wildman–Crippen LogP) is 4.08. The van der Waals surface area contributed by atoms with E-state index < -0.39 is 0 Å². The van der Waals surface area contributed by atoms with Crippen molar-refractivity contribution in [2.75, 3.05) is 6.54 Å². The van der Waals surface area contributed by atoms with Gasteiger partial charge in [0.2, 0.25) is 0 Å². The van der Waals surface area contributed by atoms with Gasteiger partial charge in [0, 0.05) is 5.56 Å². The Hall–Kier alpha value is -1.58. The van der Waals surface area contributed by atoms with Gasteiger partial charge in [0.15, 0.2) is 0 Å². The summed E-state index contributed by atoms with van der Waals surface area (Å²) in [5.74, 6) is 0.662. The molecule has 19 heavy (non-hydrogen) atoms. The van der Waals surface area contributed by atoms with Crippen LogP contribution >= 0.6 is 11.6 Å². The van der Waals surface area contributed by atoms with Gasteiger partial charge in [0.25, 0.3) is 0 Å². The number of rotatable bonds is 4. The second-order valence-electron chi connectivity index (χ2n) is 4.29. The van der Waals surface area contributed by atoms with Gasteiger partial charge in [0.05, 0.1) is 5.02 Å². The highest BCUT2D eigenvalue weighted by molar-refractivity contribution is 6.32. The highest BCUT2D eigenvalue weighted by atomic mass is 35.5. The smallest absolute Gasteiger partial charge is 0.146 e. The highest BCUT2D eigenvalue weighted by Gasteiger charge is 2.11. The third kappa shape index (κ3) is 3.25. The Morgan fingerprint density at radius 2 is 2.00 bits per heavy atom. The standard InChI is InChI=1S/C15H15ClFNO/c1-10-5-6-12(16)15(9-10)19-14-4-2-3-13(17)11(14)7-8-18/h2-6,9H,7-8,18H2,1H3. The van der Waals surface area contributed by atoms with Crippen LogP contribution in [0.2, 0.25) is 5.02 Å². The molecule has 0 aromatic heterocycles. The first kappa shape index (κ1) is 13.8. The fourth-order valence-corrected chi connectivity index (χ4v) is 1.98. The molecule has 2 aromatic rings. The van der Waals surface area contributed by atoms with Gasteiger partial charge in [-0.15, -0.1) is 0 Å². The fourth-order valence-electron chi connectivity index (χ4n) is 1.83. The zero-order valence-corrected chi connectivity index (χ0v) is 11.4. The summed E-state index contributed by atoms with van der Waals surface area (Å²) in [6, 6.07) is 10.2. The largest absolute Gasteiger partial charge is 0.455 e. The van der Waals surface area contributed by atoms with E-state index >= 15 is 0 Å². The van der Waals surface area contributed by atoms with E-state index in [1.807, 2.05) is 19.1 Å². The van der Waals surface area contributed by atoms with Crippen molar-refractivity contribution in [2.45, 2.75) is 13.3 Å². The van der Waals surface area contributed by atoms with Crippen LogP contribution in [0.4, 0.5) is 4.39 Å². The van der Waals surface area contributed by atoms with E-state index in [1.165, 1.54) is 6.07 Å². The second-order valence-corrected chi connectivity index (χ2v) is 4.70. The second kappa shape index (κ2) is 6.04. The van der Waals surface area contributed by atoms with Crippen LogP contribution in [0.5, 0.6) is 11.5 Å². The summed E-state index contributed by atoms with van der Waals surface area (Å²) in [5.41, 5.74) is 7.00. The lowest BCUT2D eigenvalue weighted by Gasteiger charge is -2.13. The van der Waals surface area contributed by atoms with Gasteiger partial charge in [-0.1, -0.05) is 23.7 Å². The molecule has 0 amide bonds. The number of aryl methyl sites for hydroxylation is 1. The topological polar surface area (TPSA) is 35.2 Å². The van der Waals surface area contributed by atoms with Crippen molar-refractivity contribution >= 4 is 11.6 Å². The molecule has 0 aliphatic heterocycles. The lowest BCUT2D eigenvalue weighted by Crippen LogP contribution is -2.06. The van der Waals surface area contributed by atoms with Crippen LogP contribution in [0.25, 0.3) is 0 Å². The summed E-state index contributed by atoms with van der Waals surface area (Å²) in [6.45, 7) is 2.30. The van der Waals surface area contributed by atoms with Crippen LogP contribution in [-0.2, 0) is 6.42 Å². The molecule has 0 saturated heterocycles. The summed E-state index contributed by atoms with van der Waals surface area (Å²) in [7, 11) is 0. The molecule has 0 unspecified atom stereocenters. The average molecular weight is 280 g/mol. The predicted molar refractivity (Wildman–Crippen MR) is 75.4 cm³/mol. The zero-order valence-electron chi connectivity index (χ0n) is 10.6. The fraction of sp³-hybridized carbons (Fsp3) is 0.200. The maximum Gasteiger partial charge on any atom is 0.146 e. The van der Waals surface area contributed by atoms with Crippen LogP contribution in [0.3, 0.4) is 0 Å². The van der Waals surface area contributed by atoms with Crippen LogP contribution in [-0.4, -0.2) is 6.54 Å². The lowest BCUT2D eigenvalue weighted by atomic mass is 10.1. The first-order chi connectivity index (χ1) is 9.11. The van der Waals surface area contributed by atoms with Crippen molar-refractivity contribution in [3.63, 3.8) is 0 Å². The van der Waals surface area contributed by atoms with Crippen LogP contribution in [0.1, 0.15) is 11.1 Å². The van der Waals surface area contributed by atoms with Crippen molar-refractivity contribution in [3.8, 4) is 11.5 Å². The maximum atomic E-state index is 13.8. The van der Waals surface area contributed by atoms with Crippen LogP contribution < -0.4 is 10.5 Å². The van der Waals surface area contributed by atoms with E-state index in [9.17, 15) is 4.39 Å². The van der Waals surface area contributed by atoms with Crippen molar-refractivity contribution in [1.29, 1.82) is 0 Å². The molecule has 0 atom stereocenters. The number of hydrogen-bond donors (Lipinski definition) is 1. The quantitative estimate of drug-likeness (QED) is 0.915. The first-order valence-electron chi connectivity index (χ1n) is 6.03. The number of ether oxygens (including phenoxy) is 1. The Morgan fingerprint density at radius 1 is 1.21 bits per heavy atom. The molecule has 0 bridgehead atoms. The molecule has 0 heterocycles. The minimum Gasteiger partial charge on any atom is -0.455 e. The zero-order chi connectivity index (χ0) is 13.8. The average Bonchev–Trinajstić information content (AvgIpc) is 2.38. The third-order valence-corrected chi connectivity index (χ3v) is 3.09. The van der Waals surface area contributed by atoms with Gasteiger partial charge in [0.1, 0.15) is 17.3 Å². The third-order valence-electron chi connectivity index (χ3n) is 2.78. The van der Waals surface area contributed by atoms with Gasteiger partial charge in [-0.2, -0.15) is 0 Å². The SMILES string of the molecule is Cc1ccc(Cl)c(Oc2cccc(F)c2CCN)c1. The Balaban J connectivity index is 2.37. The molecule has 4 heteroatoms. The Kier molecular flexibility index (Phi) is 4.40. The summed E-state index contributed by atoms with van der Waals surface area (Å²) in [5, 5.41) is 0.494. The Bertz CT molecular complexity index is 586. The van der Waals surface area contributed by atoms with E-state index in [0.29, 0.717) is 35.1 Å². The van der Waals surface area contributed by atoms with Crippen LogP contribution in [0, 0.1) is 12.7 Å². The molecule has 0 radical (unpaired) electrons. The summed E-state index contributed by atoms with van der Waals surface area (Å²) in [6.07, 6.45) is 0.422. The molecule has 2 nitrogen and oxygen atoms in total. The molecular formula is C15H15ClFNO. The highest BCUT2D eigenvalue weighted by Crippen LogP contribution is 2.32. The molecule has 100 valence electrons. The van der Waals surface area contributed by atoms with Crippen LogP contribution in [0.15, 0.2) is 36.4 Å². The first-order valence-corrected chi connectivity index (χ1v) is 6.41. The molecule has 2 rings (SSSR count). The minimum absolute atomic E-state index is 0.313. The monoisotopic (exact) mass is 279 g/mol. The van der Waals surface area contributed by atoms with Gasteiger partial charge >= 0.3 is 0 Å². The van der Waals surface area contributed by atoms with Crippen molar-refractivity contribution in [3.05, 3.63) is 58.4 Å². The molecule has 0 saturated carbocycles. The van der Waals surface area contributed by atoms with Gasteiger partial charge in [-0.25, -0.2) is 4.39 Å². The molecule has 0 aliphatic rings. The Labute approximate surface area is 117 Å². The lowest BCUT2D eigenvalue weighted by molar-refractivity contribution is 0.467. The Morgan fingerprint density at radius 3 is 2.74 bits per heavy atom. The molecule has 2 N–H and O–H groups in total. The summed E-state index contributed by atoms with van der Waals surface area (Å²) in [4.78, 5) is 0. The number of nitrogens with two attached hydrogens (primary N) is 1. The normalized spacial score (nSPS) is 10.5. The summed E-state index contributed by atoms with van der Waals surface area (Å²) < 4.78 is 19.5. The molecule has 0 aliphatic carbocycles. The van der Waals surface area contributed by atoms with Crippen molar-refractivity contribution < 1.29 is 9.13 Å². The molecule has 0 spiro atoms. The molecule has 2 aromatic carbocycles. The number of hydrogen-bond acceptors (Lipinski definition) is 2. The van der Waals surface area contributed by atoms with E-state index in [4.69, 9.17) is 22.1 Å². The number of benzene rings is 2. The summed E-state index contributed by atoms with van der Waals surface area (Å²) >= 11 is 6.07. The van der Waals surface area contributed by atoms with Gasteiger partial charge in [-0.3, -0.25) is 0 Å². The van der Waals surface area contributed by atoms with Gasteiger partial charge in [-0.05, 0) is 49.7 Å². The van der Waals surface area contributed by atoms with Crippen molar-refractivity contribution in [2.24, 2.45) is 5.73 Å². The minimum atomic E-state index is -0.313. The van der Waals surface area contributed by atoms with E-state index in [2.05, 4.69) is 0 Å². The molecule has 0 fully saturated rings. The van der Waals surface area contributed by atoms with Gasteiger partial charge < -0.3 is 10.5 Å². The van der Waals surface area contributed by atoms with E-state index in [0.717, 1.165) is 5.56 Å². The van der Waals surface area contributed by atoms with E-state index in [1.54, 1.807) is 18.2 Å². The number of halogens is 2.